The fourth-order valence-electron chi connectivity index (χ4n) is 3.07. The van der Waals surface area contributed by atoms with E-state index in [0.717, 1.165) is 5.92 Å². The molecule has 10 heavy (non-hydrogen) atoms. The lowest BCUT2D eigenvalue weighted by atomic mass is 9.58. The molecule has 1 N–H and O–H groups in total. The summed E-state index contributed by atoms with van der Waals surface area (Å²) in [5.41, 5.74) is 0.464. The summed E-state index contributed by atoms with van der Waals surface area (Å²) in [6.45, 7) is 0. The molecule has 1 nitrogen and oxygen atoms in total. The molecule has 4 rings (SSSR count). The molecule has 4 fully saturated rings. The highest BCUT2D eigenvalue weighted by atomic mass is 16.3. The van der Waals surface area contributed by atoms with Crippen LogP contribution >= 0.6 is 0 Å². The van der Waals surface area contributed by atoms with Crippen LogP contribution in [0.25, 0.3) is 0 Å². The highest BCUT2D eigenvalue weighted by Crippen LogP contribution is 2.65. The van der Waals surface area contributed by atoms with E-state index >= 15 is 0 Å². The molecule has 0 saturated heterocycles. The number of aliphatic hydroxyl groups is 1. The molecule has 4 aliphatic carbocycles. The lowest BCUT2D eigenvalue weighted by Gasteiger charge is -2.49. The van der Waals surface area contributed by atoms with Crippen LogP contribution in [0.15, 0.2) is 0 Å². The van der Waals surface area contributed by atoms with Crippen LogP contribution in [0.2, 0.25) is 0 Å². The van der Waals surface area contributed by atoms with Gasteiger partial charge in [-0.3, -0.25) is 0 Å². The zero-order chi connectivity index (χ0) is 6.77. The molecule has 0 aromatic carbocycles. The second kappa shape index (κ2) is 1.42. The summed E-state index contributed by atoms with van der Waals surface area (Å²) in [7, 11) is 0. The van der Waals surface area contributed by atoms with Gasteiger partial charge < -0.3 is 5.11 Å². The Morgan fingerprint density at radius 2 is 1.90 bits per heavy atom. The molecule has 2 bridgehead atoms. The van der Waals surface area contributed by atoms with E-state index in [9.17, 15) is 5.11 Å². The minimum absolute atomic E-state index is 0.0949. The number of hydrogen-bond donors (Lipinski definition) is 1. The van der Waals surface area contributed by atoms with Gasteiger partial charge in [-0.25, -0.2) is 0 Å². The van der Waals surface area contributed by atoms with Gasteiger partial charge in [0.25, 0.3) is 0 Å². The molecule has 0 aromatic heterocycles. The molecular weight excluding hydrogens is 124 g/mol. The Balaban J connectivity index is 1.88. The summed E-state index contributed by atoms with van der Waals surface area (Å²) in [5.74, 6) is 1.72. The highest BCUT2D eigenvalue weighted by Gasteiger charge is 2.59. The maximum Gasteiger partial charge on any atom is 0.0624 e. The maximum absolute atomic E-state index is 9.81. The minimum Gasteiger partial charge on any atom is -0.392 e. The summed E-state index contributed by atoms with van der Waals surface area (Å²) in [4.78, 5) is 0. The molecule has 1 heteroatoms. The van der Waals surface area contributed by atoms with Gasteiger partial charge >= 0.3 is 0 Å². The molecule has 4 aliphatic rings. The Hall–Kier alpha value is -0.0400. The smallest absolute Gasteiger partial charge is 0.0624 e. The summed E-state index contributed by atoms with van der Waals surface area (Å²) < 4.78 is 0. The number of hydrogen-bond acceptors (Lipinski definition) is 1. The average molecular weight is 138 g/mol. The van der Waals surface area contributed by atoms with Crippen molar-refractivity contribution in [3.63, 3.8) is 0 Å². The van der Waals surface area contributed by atoms with Crippen LogP contribution in [0.3, 0.4) is 0 Å². The molecule has 0 heterocycles. The van der Waals surface area contributed by atoms with Gasteiger partial charge in [-0.1, -0.05) is 0 Å². The van der Waals surface area contributed by atoms with E-state index in [1.54, 1.807) is 0 Å². The van der Waals surface area contributed by atoms with E-state index in [0.29, 0.717) is 11.3 Å². The highest BCUT2D eigenvalue weighted by molar-refractivity contribution is 5.10. The van der Waals surface area contributed by atoms with Gasteiger partial charge in [0.15, 0.2) is 0 Å². The quantitative estimate of drug-likeness (QED) is 0.538. The Kier molecular flexibility index (Phi) is 0.797. The van der Waals surface area contributed by atoms with Gasteiger partial charge in [0.2, 0.25) is 0 Å². The van der Waals surface area contributed by atoms with Crippen molar-refractivity contribution >= 4 is 0 Å². The predicted molar refractivity (Wildman–Crippen MR) is 38.5 cm³/mol. The van der Waals surface area contributed by atoms with Gasteiger partial charge in [0, 0.05) is 0 Å². The van der Waals surface area contributed by atoms with E-state index in [4.69, 9.17) is 0 Å². The SMILES string of the molecule is OC1C2CC(C2)CC12CC2. The molecule has 0 aliphatic heterocycles. The van der Waals surface area contributed by atoms with Crippen LogP contribution in [0.1, 0.15) is 32.1 Å². The first-order valence-electron chi connectivity index (χ1n) is 4.48. The van der Waals surface area contributed by atoms with E-state index in [-0.39, 0.29) is 6.10 Å². The molecule has 0 amide bonds. The van der Waals surface area contributed by atoms with Gasteiger partial charge in [-0.2, -0.15) is 0 Å². The van der Waals surface area contributed by atoms with Crippen molar-refractivity contribution in [2.45, 2.75) is 38.2 Å². The standard InChI is InChI=1S/C9H14O/c10-8-7-3-6(4-7)5-9(8)1-2-9/h6-8,10H,1-5H2. The Morgan fingerprint density at radius 1 is 1.20 bits per heavy atom. The summed E-state index contributed by atoms with van der Waals surface area (Å²) in [6, 6.07) is 0. The van der Waals surface area contributed by atoms with Crippen molar-refractivity contribution < 1.29 is 5.11 Å². The molecule has 1 unspecified atom stereocenters. The molecule has 1 spiro atoms. The van der Waals surface area contributed by atoms with Crippen LogP contribution in [0.4, 0.5) is 0 Å². The lowest BCUT2D eigenvalue weighted by molar-refractivity contribution is -0.0849. The van der Waals surface area contributed by atoms with Gasteiger partial charge in [0.1, 0.15) is 0 Å². The van der Waals surface area contributed by atoms with Crippen LogP contribution in [0.5, 0.6) is 0 Å². The van der Waals surface area contributed by atoms with E-state index in [1.807, 2.05) is 0 Å². The van der Waals surface area contributed by atoms with Crippen LogP contribution in [0, 0.1) is 17.3 Å². The second-order valence-corrected chi connectivity index (χ2v) is 4.61. The van der Waals surface area contributed by atoms with Crippen LogP contribution in [-0.4, -0.2) is 11.2 Å². The third kappa shape index (κ3) is 0.493. The third-order valence-electron chi connectivity index (χ3n) is 3.93. The Labute approximate surface area is 61.4 Å². The summed E-state index contributed by atoms with van der Waals surface area (Å²) in [6.07, 6.45) is 6.76. The maximum atomic E-state index is 9.81. The van der Waals surface area contributed by atoms with Gasteiger partial charge in [-0.15, -0.1) is 0 Å². The lowest BCUT2D eigenvalue weighted by Crippen LogP contribution is -2.47. The van der Waals surface area contributed by atoms with Crippen molar-refractivity contribution in [1.82, 2.24) is 0 Å². The van der Waals surface area contributed by atoms with Crippen LogP contribution in [-0.2, 0) is 0 Å². The zero-order valence-corrected chi connectivity index (χ0v) is 6.21. The van der Waals surface area contributed by atoms with Crippen molar-refractivity contribution in [3.05, 3.63) is 0 Å². The number of rotatable bonds is 0. The van der Waals surface area contributed by atoms with Crippen molar-refractivity contribution in [2.24, 2.45) is 17.3 Å². The van der Waals surface area contributed by atoms with Gasteiger partial charge in [-0.05, 0) is 49.4 Å². The number of aliphatic hydroxyl groups excluding tert-OH is 1. The first kappa shape index (κ1) is 5.59. The molecular formula is C9H14O. The van der Waals surface area contributed by atoms with Crippen LogP contribution < -0.4 is 0 Å². The van der Waals surface area contributed by atoms with Crippen molar-refractivity contribution in [3.8, 4) is 0 Å². The zero-order valence-electron chi connectivity index (χ0n) is 6.21. The predicted octanol–water partition coefficient (Wildman–Crippen LogP) is 1.56. The fraction of sp³-hybridized carbons (Fsp3) is 1.00. The topological polar surface area (TPSA) is 20.2 Å². The monoisotopic (exact) mass is 138 g/mol. The van der Waals surface area contributed by atoms with E-state index < -0.39 is 0 Å². The fourth-order valence-corrected chi connectivity index (χ4v) is 3.07. The normalized spacial score (nSPS) is 54.3. The van der Waals surface area contributed by atoms with E-state index in [1.165, 1.54) is 32.1 Å². The largest absolute Gasteiger partial charge is 0.392 e. The molecule has 0 radical (unpaired) electrons. The molecule has 0 aromatic rings. The molecule has 56 valence electrons. The first-order chi connectivity index (χ1) is 4.80. The second-order valence-electron chi connectivity index (χ2n) is 4.61. The minimum atomic E-state index is 0.0949. The Bertz CT molecular complexity index is 166. The van der Waals surface area contributed by atoms with Crippen molar-refractivity contribution in [2.75, 3.05) is 0 Å². The first-order valence-corrected chi connectivity index (χ1v) is 4.48. The summed E-state index contributed by atoms with van der Waals surface area (Å²) >= 11 is 0. The molecule has 1 atom stereocenters. The van der Waals surface area contributed by atoms with E-state index in [2.05, 4.69) is 0 Å². The van der Waals surface area contributed by atoms with Gasteiger partial charge in [0.05, 0.1) is 6.10 Å². The Morgan fingerprint density at radius 3 is 2.30 bits per heavy atom. The third-order valence-corrected chi connectivity index (χ3v) is 3.93. The summed E-state index contributed by atoms with van der Waals surface area (Å²) in [5, 5.41) is 9.81. The average Bonchev–Trinajstić information content (AvgIpc) is 2.55. The molecule has 4 saturated carbocycles. The van der Waals surface area contributed by atoms with Crippen molar-refractivity contribution in [1.29, 1.82) is 0 Å².